The molecular weight excluding hydrogens is 900 g/mol. The third-order valence-corrected chi connectivity index (χ3v) is 12.9. The van der Waals surface area contributed by atoms with E-state index in [1.54, 1.807) is 6.08 Å². The Morgan fingerprint density at radius 1 is 0.493 bits per heavy atom. The first kappa shape index (κ1) is 67.9. The maximum absolute atomic E-state index is 13.0. The topological polar surface area (TPSA) is 105 Å². The van der Waals surface area contributed by atoms with Crippen LogP contribution in [0.1, 0.15) is 213 Å². The molecule has 1 amide bonds. The molecule has 71 heavy (non-hydrogen) atoms. The van der Waals surface area contributed by atoms with Gasteiger partial charge in [0.1, 0.15) is 13.2 Å². The van der Waals surface area contributed by atoms with Gasteiger partial charge in [-0.25, -0.2) is 4.57 Å². The highest BCUT2D eigenvalue weighted by Crippen LogP contribution is 2.43. The van der Waals surface area contributed by atoms with Crippen molar-refractivity contribution in [1.29, 1.82) is 0 Å². The predicted octanol–water partition coefficient (Wildman–Crippen LogP) is 17.4. The molecule has 0 aliphatic carbocycles. The number of allylic oxidation sites excluding steroid dienone is 19. The van der Waals surface area contributed by atoms with Crippen LogP contribution >= 0.6 is 7.82 Å². The van der Waals surface area contributed by atoms with Crippen molar-refractivity contribution in [2.75, 3.05) is 40.9 Å². The molecule has 0 rings (SSSR count). The molecule has 0 bridgehead atoms. The van der Waals surface area contributed by atoms with Gasteiger partial charge in [-0.05, 0) is 96.3 Å². The second-order valence-electron chi connectivity index (χ2n) is 19.9. The number of hydrogen-bond acceptors (Lipinski definition) is 5. The maximum Gasteiger partial charge on any atom is 0.472 e. The van der Waals surface area contributed by atoms with Crippen molar-refractivity contribution in [2.45, 2.75) is 225 Å². The van der Waals surface area contributed by atoms with Crippen LogP contribution in [0.2, 0.25) is 0 Å². The van der Waals surface area contributed by atoms with E-state index in [9.17, 15) is 19.4 Å². The number of rotatable bonds is 50. The van der Waals surface area contributed by atoms with Gasteiger partial charge in [-0.2, -0.15) is 0 Å². The van der Waals surface area contributed by atoms with Crippen LogP contribution in [0.3, 0.4) is 0 Å². The van der Waals surface area contributed by atoms with E-state index in [2.05, 4.69) is 129 Å². The van der Waals surface area contributed by atoms with Crippen LogP contribution in [0.5, 0.6) is 0 Å². The Labute approximate surface area is 437 Å². The lowest BCUT2D eigenvalue weighted by atomic mass is 10.1. The highest BCUT2D eigenvalue weighted by Gasteiger charge is 2.27. The fourth-order valence-electron chi connectivity index (χ4n) is 7.48. The summed E-state index contributed by atoms with van der Waals surface area (Å²) in [6.45, 7) is 4.66. The molecule has 0 aliphatic rings. The van der Waals surface area contributed by atoms with Crippen molar-refractivity contribution in [3.05, 3.63) is 122 Å². The molecule has 406 valence electrons. The van der Waals surface area contributed by atoms with E-state index in [1.807, 2.05) is 27.2 Å². The normalized spacial score (nSPS) is 14.9. The van der Waals surface area contributed by atoms with Gasteiger partial charge in [0.15, 0.2) is 0 Å². The maximum atomic E-state index is 13.0. The zero-order valence-electron chi connectivity index (χ0n) is 46.2. The summed E-state index contributed by atoms with van der Waals surface area (Å²) in [6.07, 6.45) is 77.2. The number of carbonyl (C=O) groups is 1. The van der Waals surface area contributed by atoms with Crippen molar-refractivity contribution in [1.82, 2.24) is 5.32 Å². The quantitative estimate of drug-likeness (QED) is 0.0243. The SMILES string of the molecule is CC/C=C\C/C=C\C/C=C\C/C=C\C/C=C\C/C=C\C/C=C\C/C=C\CCCCCCCCCCC(=O)NC(COP(=O)(O)OCC[N+](C)(C)C)C(O)/C=C/CC/C=C/CCCCCCCCCCCC. The minimum absolute atomic E-state index is 0.0482. The first-order valence-corrected chi connectivity index (χ1v) is 29.9. The molecule has 0 aromatic rings. The van der Waals surface area contributed by atoms with Crippen LogP contribution in [0.15, 0.2) is 122 Å². The number of likely N-dealkylation sites (N-methyl/N-ethyl adjacent to an activating group) is 1. The fourth-order valence-corrected chi connectivity index (χ4v) is 8.22. The number of phosphoric acid groups is 1. The number of aliphatic hydroxyl groups is 1. The zero-order valence-corrected chi connectivity index (χ0v) is 47.1. The fraction of sp³-hybridized carbons (Fsp3) is 0.661. The van der Waals surface area contributed by atoms with Crippen molar-refractivity contribution in [2.24, 2.45) is 0 Å². The Bertz CT molecular complexity index is 1560. The highest BCUT2D eigenvalue weighted by molar-refractivity contribution is 7.47. The van der Waals surface area contributed by atoms with Gasteiger partial charge in [0.2, 0.25) is 5.91 Å². The van der Waals surface area contributed by atoms with Crippen LogP contribution in [0.4, 0.5) is 0 Å². The number of carbonyl (C=O) groups excluding carboxylic acids is 1. The number of quaternary nitrogens is 1. The molecule has 8 nitrogen and oxygen atoms in total. The van der Waals surface area contributed by atoms with E-state index in [1.165, 1.54) is 89.9 Å². The second-order valence-corrected chi connectivity index (χ2v) is 21.4. The molecule has 0 aromatic carbocycles. The van der Waals surface area contributed by atoms with Gasteiger partial charge in [-0.15, -0.1) is 0 Å². The van der Waals surface area contributed by atoms with Gasteiger partial charge in [0.25, 0.3) is 0 Å². The third-order valence-electron chi connectivity index (χ3n) is 11.9. The molecule has 0 saturated carbocycles. The van der Waals surface area contributed by atoms with Crippen LogP contribution in [0.25, 0.3) is 0 Å². The summed E-state index contributed by atoms with van der Waals surface area (Å²) in [4.78, 5) is 23.3. The van der Waals surface area contributed by atoms with E-state index in [4.69, 9.17) is 9.05 Å². The average molecular weight is 1010 g/mol. The van der Waals surface area contributed by atoms with Crippen molar-refractivity contribution < 1.29 is 32.9 Å². The Morgan fingerprint density at radius 3 is 1.30 bits per heavy atom. The van der Waals surface area contributed by atoms with Gasteiger partial charge < -0.3 is 19.8 Å². The molecule has 3 N–H and O–H groups in total. The monoisotopic (exact) mass is 1010 g/mol. The van der Waals surface area contributed by atoms with E-state index in [-0.39, 0.29) is 19.1 Å². The van der Waals surface area contributed by atoms with E-state index >= 15 is 0 Å². The van der Waals surface area contributed by atoms with E-state index in [0.29, 0.717) is 17.4 Å². The summed E-state index contributed by atoms with van der Waals surface area (Å²) in [5, 5.41) is 13.9. The number of nitrogens with zero attached hydrogens (tertiary/aromatic N) is 1. The van der Waals surface area contributed by atoms with Crippen molar-refractivity contribution in [3.63, 3.8) is 0 Å². The lowest BCUT2D eigenvalue weighted by Crippen LogP contribution is -2.45. The summed E-state index contributed by atoms with van der Waals surface area (Å²) < 4.78 is 23.7. The molecule has 0 fully saturated rings. The van der Waals surface area contributed by atoms with Crippen LogP contribution in [-0.4, -0.2) is 73.4 Å². The molecule has 0 aliphatic heterocycles. The summed E-state index contributed by atoms with van der Waals surface area (Å²) in [5.74, 6) is -0.201. The molecule has 0 spiro atoms. The standard InChI is InChI=1S/C62H107N2O6P/c1-6-8-10-12-14-16-18-20-22-24-25-26-27-28-29-30-31-32-33-34-35-36-37-38-39-40-42-44-46-48-50-52-54-56-62(66)63-60(59-70-71(67,68)69-58-57-64(3,4)5)61(65)55-53-51-49-47-45-43-41-23-21-19-17-15-13-11-9-7-2/h8,10,14,16,20,22,25-26,28-29,31-32,34-35,37-38,45,47,53,55,60-61,65H,6-7,9,11-13,15,17-19,21,23-24,27,30,33,36,39-44,46,48-52,54,56-59H2,1-5H3,(H-,63,66,67,68)/p+1/b10-8-,16-14-,22-20-,26-25-,29-28-,32-31-,35-34-,38-37-,47-45+,55-53+. The Morgan fingerprint density at radius 2 is 0.859 bits per heavy atom. The van der Waals surface area contributed by atoms with Crippen molar-refractivity contribution in [3.8, 4) is 0 Å². The summed E-state index contributed by atoms with van der Waals surface area (Å²) in [7, 11) is 1.53. The zero-order chi connectivity index (χ0) is 52.0. The number of unbranched alkanes of at least 4 members (excludes halogenated alkanes) is 19. The minimum atomic E-state index is -4.36. The van der Waals surface area contributed by atoms with Crippen LogP contribution in [-0.2, 0) is 18.4 Å². The third kappa shape index (κ3) is 54.5. The first-order chi connectivity index (χ1) is 34.5. The first-order valence-electron chi connectivity index (χ1n) is 28.4. The number of aliphatic hydroxyl groups excluding tert-OH is 1. The Balaban J connectivity index is 4.25. The summed E-state index contributed by atoms with van der Waals surface area (Å²) >= 11 is 0. The van der Waals surface area contributed by atoms with E-state index < -0.39 is 20.0 Å². The lowest BCUT2D eigenvalue weighted by molar-refractivity contribution is -0.870. The summed E-state index contributed by atoms with van der Waals surface area (Å²) in [6, 6.07) is -0.876. The van der Waals surface area contributed by atoms with Crippen LogP contribution in [0, 0.1) is 0 Å². The van der Waals surface area contributed by atoms with Gasteiger partial charge in [0, 0.05) is 6.42 Å². The molecule has 0 saturated heterocycles. The molecule has 3 atom stereocenters. The minimum Gasteiger partial charge on any atom is -0.387 e. The van der Waals surface area contributed by atoms with Gasteiger partial charge >= 0.3 is 7.82 Å². The Hall–Kier alpha value is -3.10. The van der Waals surface area contributed by atoms with Gasteiger partial charge in [-0.1, -0.05) is 232 Å². The Kier molecular flexibility index (Phi) is 49.5. The smallest absolute Gasteiger partial charge is 0.387 e. The molecular formula is C62H108N2O6P+. The highest BCUT2D eigenvalue weighted by atomic mass is 31.2. The van der Waals surface area contributed by atoms with Crippen LogP contribution < -0.4 is 5.32 Å². The summed E-state index contributed by atoms with van der Waals surface area (Å²) in [5.41, 5.74) is 0. The van der Waals surface area contributed by atoms with Gasteiger partial charge in [0.05, 0.1) is 39.9 Å². The molecule has 0 aromatic heterocycles. The number of phosphoric ester groups is 1. The number of hydrogen-bond donors (Lipinski definition) is 3. The predicted molar refractivity (Wildman–Crippen MR) is 308 cm³/mol. The second kappa shape index (κ2) is 51.8. The van der Waals surface area contributed by atoms with E-state index in [0.717, 1.165) is 103 Å². The number of amides is 1. The average Bonchev–Trinajstić information content (AvgIpc) is 3.33. The molecule has 0 heterocycles. The van der Waals surface area contributed by atoms with Gasteiger partial charge in [-0.3, -0.25) is 13.8 Å². The molecule has 9 heteroatoms. The molecule has 3 unspecified atom stereocenters. The number of nitrogens with one attached hydrogen (secondary N) is 1. The largest absolute Gasteiger partial charge is 0.472 e. The molecule has 0 radical (unpaired) electrons. The lowest BCUT2D eigenvalue weighted by Gasteiger charge is -2.25. The van der Waals surface area contributed by atoms with Crippen molar-refractivity contribution >= 4 is 13.7 Å².